The molecule has 5 heteroatoms. The summed E-state index contributed by atoms with van der Waals surface area (Å²) in [7, 11) is 0. The van der Waals surface area contributed by atoms with Crippen LogP contribution in [0.5, 0.6) is 0 Å². The molecule has 1 aliphatic carbocycles. The standard InChI is InChI=1S/C21H27N3O2/c25-21(18-8-6-17(7-9-18)20-10-11-22-23-20)24-12-13-26-19(15-24)14-16-4-2-1-3-5-16/h6-11,16,19H,1-5,12-15H2,(H,22,23)/t19-/m0/s1. The van der Waals surface area contributed by atoms with Crippen molar-refractivity contribution >= 4 is 5.91 Å². The first-order valence-corrected chi connectivity index (χ1v) is 9.80. The van der Waals surface area contributed by atoms with E-state index in [1.54, 1.807) is 6.20 Å². The number of carbonyl (C=O) groups excluding carboxylic acids is 1. The maximum atomic E-state index is 12.9. The number of aromatic nitrogens is 2. The van der Waals surface area contributed by atoms with Crippen molar-refractivity contribution < 1.29 is 9.53 Å². The van der Waals surface area contributed by atoms with E-state index in [4.69, 9.17) is 4.74 Å². The van der Waals surface area contributed by atoms with Crippen molar-refractivity contribution in [2.24, 2.45) is 5.92 Å². The summed E-state index contributed by atoms with van der Waals surface area (Å²) < 4.78 is 5.96. The van der Waals surface area contributed by atoms with E-state index in [2.05, 4.69) is 10.2 Å². The Balaban J connectivity index is 1.37. The largest absolute Gasteiger partial charge is 0.375 e. The topological polar surface area (TPSA) is 58.2 Å². The van der Waals surface area contributed by atoms with E-state index >= 15 is 0 Å². The molecule has 1 amide bonds. The Kier molecular flexibility index (Phi) is 5.34. The molecule has 2 aliphatic rings. The number of morpholine rings is 1. The molecular formula is C21H27N3O2. The first-order chi connectivity index (χ1) is 12.8. The summed E-state index contributed by atoms with van der Waals surface area (Å²) in [6.07, 6.45) is 9.75. The lowest BCUT2D eigenvalue weighted by molar-refractivity contribution is -0.0337. The maximum absolute atomic E-state index is 12.9. The van der Waals surface area contributed by atoms with Crippen LogP contribution in [-0.2, 0) is 4.74 Å². The van der Waals surface area contributed by atoms with Crippen molar-refractivity contribution in [2.45, 2.75) is 44.6 Å². The van der Waals surface area contributed by atoms with E-state index in [0.717, 1.165) is 35.7 Å². The Morgan fingerprint density at radius 2 is 1.96 bits per heavy atom. The minimum Gasteiger partial charge on any atom is -0.375 e. The number of ether oxygens (including phenoxy) is 1. The zero-order valence-corrected chi connectivity index (χ0v) is 15.2. The number of rotatable bonds is 4. The lowest BCUT2D eigenvalue weighted by atomic mass is 9.85. The minimum absolute atomic E-state index is 0.109. The molecule has 2 aromatic rings. The van der Waals surface area contributed by atoms with Crippen LogP contribution in [0.25, 0.3) is 11.3 Å². The number of benzene rings is 1. The van der Waals surface area contributed by atoms with Gasteiger partial charge in [0.15, 0.2) is 0 Å². The van der Waals surface area contributed by atoms with Crippen LogP contribution in [0, 0.1) is 5.92 Å². The van der Waals surface area contributed by atoms with Gasteiger partial charge in [-0.25, -0.2) is 0 Å². The molecule has 1 aliphatic heterocycles. The van der Waals surface area contributed by atoms with Crippen molar-refractivity contribution in [3.8, 4) is 11.3 Å². The highest BCUT2D eigenvalue weighted by Crippen LogP contribution is 2.29. The van der Waals surface area contributed by atoms with Crippen LogP contribution < -0.4 is 0 Å². The molecule has 0 radical (unpaired) electrons. The van der Waals surface area contributed by atoms with Crippen molar-refractivity contribution in [3.05, 3.63) is 42.1 Å². The van der Waals surface area contributed by atoms with E-state index < -0.39 is 0 Å². The van der Waals surface area contributed by atoms with Gasteiger partial charge < -0.3 is 9.64 Å². The van der Waals surface area contributed by atoms with E-state index in [1.807, 2.05) is 35.2 Å². The molecule has 26 heavy (non-hydrogen) atoms. The van der Waals surface area contributed by atoms with Crippen LogP contribution in [0.1, 0.15) is 48.9 Å². The maximum Gasteiger partial charge on any atom is 0.254 e. The van der Waals surface area contributed by atoms with E-state index in [-0.39, 0.29) is 12.0 Å². The van der Waals surface area contributed by atoms with E-state index in [0.29, 0.717) is 13.2 Å². The Bertz CT molecular complexity index is 705. The van der Waals surface area contributed by atoms with Crippen molar-refractivity contribution in [3.63, 3.8) is 0 Å². The van der Waals surface area contributed by atoms with Crippen LogP contribution >= 0.6 is 0 Å². The quantitative estimate of drug-likeness (QED) is 0.907. The number of nitrogens with one attached hydrogen (secondary N) is 1. The monoisotopic (exact) mass is 353 g/mol. The molecule has 1 saturated carbocycles. The number of carbonyl (C=O) groups is 1. The third-order valence-corrected chi connectivity index (χ3v) is 5.69. The summed E-state index contributed by atoms with van der Waals surface area (Å²) >= 11 is 0. The fraction of sp³-hybridized carbons (Fsp3) is 0.524. The first kappa shape index (κ1) is 17.3. The second-order valence-corrected chi connectivity index (χ2v) is 7.53. The molecule has 0 spiro atoms. The highest BCUT2D eigenvalue weighted by molar-refractivity contribution is 5.94. The van der Waals surface area contributed by atoms with Gasteiger partial charge in [-0.1, -0.05) is 44.2 Å². The molecule has 4 rings (SSSR count). The fourth-order valence-electron chi connectivity index (χ4n) is 4.23. The predicted octanol–water partition coefficient (Wildman–Crippen LogP) is 3.89. The van der Waals surface area contributed by atoms with Gasteiger partial charge in [-0.2, -0.15) is 5.10 Å². The van der Waals surface area contributed by atoms with Gasteiger partial charge >= 0.3 is 0 Å². The Labute approximate surface area is 154 Å². The molecular weight excluding hydrogens is 326 g/mol. The SMILES string of the molecule is O=C(c1ccc(-c2ccn[nH]2)cc1)N1CCO[C@@H](CC2CCCCC2)C1. The summed E-state index contributed by atoms with van der Waals surface area (Å²) in [5.74, 6) is 0.885. The second-order valence-electron chi connectivity index (χ2n) is 7.53. The Morgan fingerprint density at radius 3 is 2.69 bits per heavy atom. The Morgan fingerprint density at radius 1 is 1.15 bits per heavy atom. The summed E-state index contributed by atoms with van der Waals surface area (Å²) in [5.41, 5.74) is 2.74. The molecule has 2 fully saturated rings. The number of hydrogen-bond donors (Lipinski definition) is 1. The van der Waals surface area contributed by atoms with Gasteiger partial charge in [0, 0.05) is 24.8 Å². The molecule has 2 heterocycles. The van der Waals surface area contributed by atoms with Crippen LogP contribution in [-0.4, -0.2) is 46.8 Å². The van der Waals surface area contributed by atoms with Gasteiger partial charge in [0.05, 0.1) is 18.4 Å². The van der Waals surface area contributed by atoms with Gasteiger partial charge in [0.1, 0.15) is 0 Å². The molecule has 0 bridgehead atoms. The van der Waals surface area contributed by atoms with Gasteiger partial charge in [-0.3, -0.25) is 9.89 Å². The molecule has 1 aromatic heterocycles. The van der Waals surface area contributed by atoms with Crippen LogP contribution in [0.2, 0.25) is 0 Å². The zero-order chi connectivity index (χ0) is 17.8. The van der Waals surface area contributed by atoms with Crippen molar-refractivity contribution in [2.75, 3.05) is 19.7 Å². The van der Waals surface area contributed by atoms with Gasteiger partial charge in [0.25, 0.3) is 5.91 Å². The molecule has 5 nitrogen and oxygen atoms in total. The average Bonchev–Trinajstić information content (AvgIpc) is 3.23. The Hall–Kier alpha value is -2.14. The van der Waals surface area contributed by atoms with Crippen molar-refractivity contribution in [1.82, 2.24) is 15.1 Å². The van der Waals surface area contributed by atoms with Gasteiger partial charge in [-0.15, -0.1) is 0 Å². The molecule has 1 saturated heterocycles. The predicted molar refractivity (Wildman–Crippen MR) is 101 cm³/mol. The number of H-pyrrole nitrogens is 1. The zero-order valence-electron chi connectivity index (χ0n) is 15.2. The molecule has 1 N–H and O–H groups in total. The molecule has 1 aromatic carbocycles. The number of amides is 1. The van der Waals surface area contributed by atoms with Gasteiger partial charge in [0.2, 0.25) is 0 Å². The molecule has 1 atom stereocenters. The summed E-state index contributed by atoms with van der Waals surface area (Å²) in [5, 5.41) is 6.92. The normalized spacial score (nSPS) is 21.7. The summed E-state index contributed by atoms with van der Waals surface area (Å²) in [4.78, 5) is 14.8. The minimum atomic E-state index is 0.109. The summed E-state index contributed by atoms with van der Waals surface area (Å²) in [6, 6.07) is 9.68. The van der Waals surface area contributed by atoms with Crippen LogP contribution in [0.3, 0.4) is 0 Å². The average molecular weight is 353 g/mol. The lowest BCUT2D eigenvalue weighted by Gasteiger charge is -2.35. The van der Waals surface area contributed by atoms with Crippen LogP contribution in [0.15, 0.2) is 36.5 Å². The van der Waals surface area contributed by atoms with Crippen LogP contribution in [0.4, 0.5) is 0 Å². The van der Waals surface area contributed by atoms with Gasteiger partial charge in [-0.05, 0) is 36.1 Å². The van der Waals surface area contributed by atoms with E-state index in [1.165, 1.54) is 32.1 Å². The highest BCUT2D eigenvalue weighted by Gasteiger charge is 2.27. The summed E-state index contributed by atoms with van der Waals surface area (Å²) in [6.45, 7) is 2.05. The fourth-order valence-corrected chi connectivity index (χ4v) is 4.23. The third kappa shape index (κ3) is 3.98. The van der Waals surface area contributed by atoms with E-state index in [9.17, 15) is 4.79 Å². The number of aromatic amines is 1. The molecule has 138 valence electrons. The number of hydrogen-bond acceptors (Lipinski definition) is 3. The smallest absolute Gasteiger partial charge is 0.254 e. The second kappa shape index (κ2) is 8.04. The third-order valence-electron chi connectivity index (χ3n) is 5.69. The highest BCUT2D eigenvalue weighted by atomic mass is 16.5. The first-order valence-electron chi connectivity index (χ1n) is 9.80. The lowest BCUT2D eigenvalue weighted by Crippen LogP contribution is -2.46. The van der Waals surface area contributed by atoms with Crippen molar-refractivity contribution in [1.29, 1.82) is 0 Å². The molecule has 0 unspecified atom stereocenters. The number of nitrogens with zero attached hydrogens (tertiary/aromatic N) is 2.